The molecular weight excluding hydrogens is 552 g/mol. The van der Waals surface area contributed by atoms with Crippen LogP contribution in [0.1, 0.15) is 12.0 Å². The number of hydrogen-bond acceptors (Lipinski definition) is 11. The van der Waals surface area contributed by atoms with Crippen LogP contribution in [-0.2, 0) is 18.9 Å². The number of benzene rings is 1. The zero-order chi connectivity index (χ0) is 28.1. The molecule has 0 atom stereocenters. The van der Waals surface area contributed by atoms with E-state index < -0.39 is 0 Å². The molecule has 1 aromatic heterocycles. The molecule has 1 aromatic carbocycles. The average Bonchev–Trinajstić information content (AvgIpc) is 2.94. The zero-order valence-corrected chi connectivity index (χ0v) is 25.5. The fourth-order valence-corrected chi connectivity index (χ4v) is 5.65. The Labute approximate surface area is 246 Å². The van der Waals surface area contributed by atoms with Gasteiger partial charge in [0.2, 0.25) is 0 Å². The average molecular weight is 599 g/mol. The SMILES string of the molecule is Cc1cc(=O)oc2cc(OCCCN3CCOCCOCCOCCNCCSCCOCCSCC3)ccc12. The van der Waals surface area contributed by atoms with Crippen LogP contribution >= 0.6 is 23.5 Å². The molecule has 1 saturated heterocycles. The van der Waals surface area contributed by atoms with Crippen molar-refractivity contribution in [2.75, 3.05) is 115 Å². The molecule has 1 aliphatic rings. The van der Waals surface area contributed by atoms with Crippen LogP contribution in [0.3, 0.4) is 0 Å². The molecule has 0 unspecified atom stereocenters. The van der Waals surface area contributed by atoms with Gasteiger partial charge in [0.1, 0.15) is 11.3 Å². The standard InChI is InChI=1S/C29H46N2O7S2/c1-25-23-29(32)38-28-24-26(3-4-27(25)28)37-10-2-7-31-8-12-34-14-16-35-15-13-33-11-5-30-6-19-39-21-17-36-18-22-40-20-9-31/h3-4,23-24,30H,2,5-22H2,1H3. The summed E-state index contributed by atoms with van der Waals surface area (Å²) in [6, 6.07) is 7.18. The molecule has 0 saturated carbocycles. The van der Waals surface area contributed by atoms with Crippen molar-refractivity contribution in [3.63, 3.8) is 0 Å². The Morgan fingerprint density at radius 1 is 0.825 bits per heavy atom. The number of hydrogen-bond donors (Lipinski definition) is 1. The molecule has 1 aliphatic heterocycles. The Morgan fingerprint density at radius 3 is 2.38 bits per heavy atom. The summed E-state index contributed by atoms with van der Waals surface area (Å²) in [4.78, 5) is 14.1. The fourth-order valence-electron chi connectivity index (χ4n) is 4.09. The Kier molecular flexibility index (Phi) is 17.8. The van der Waals surface area contributed by atoms with Gasteiger partial charge in [-0.1, -0.05) is 0 Å². The molecule has 40 heavy (non-hydrogen) atoms. The van der Waals surface area contributed by atoms with Crippen molar-refractivity contribution in [3.05, 3.63) is 40.2 Å². The number of nitrogens with one attached hydrogen (secondary N) is 1. The van der Waals surface area contributed by atoms with Gasteiger partial charge in [-0.3, -0.25) is 0 Å². The molecular formula is C29H46N2O7S2. The van der Waals surface area contributed by atoms with E-state index in [0.29, 0.717) is 57.6 Å². The van der Waals surface area contributed by atoms with Crippen LogP contribution in [0.15, 0.2) is 33.5 Å². The summed E-state index contributed by atoms with van der Waals surface area (Å²) < 4.78 is 34.1. The van der Waals surface area contributed by atoms with Gasteiger partial charge < -0.3 is 38.3 Å². The first-order valence-electron chi connectivity index (χ1n) is 14.3. The Hall–Kier alpha value is -1.31. The van der Waals surface area contributed by atoms with Crippen LogP contribution in [0, 0.1) is 6.92 Å². The van der Waals surface area contributed by atoms with Crippen molar-refractivity contribution < 1.29 is 28.1 Å². The second-order valence-electron chi connectivity index (χ2n) is 9.37. The van der Waals surface area contributed by atoms with Crippen LogP contribution < -0.4 is 15.7 Å². The van der Waals surface area contributed by atoms with Gasteiger partial charge in [0.25, 0.3) is 0 Å². The molecule has 3 rings (SSSR count). The van der Waals surface area contributed by atoms with E-state index in [-0.39, 0.29) is 5.63 Å². The van der Waals surface area contributed by atoms with Crippen LogP contribution in [-0.4, -0.2) is 120 Å². The van der Waals surface area contributed by atoms with Crippen LogP contribution in [0.25, 0.3) is 11.0 Å². The van der Waals surface area contributed by atoms with E-state index in [0.717, 1.165) is 86.3 Å². The summed E-state index contributed by atoms with van der Waals surface area (Å²) in [6.07, 6.45) is 0.889. The van der Waals surface area contributed by atoms with Crippen molar-refractivity contribution in [2.24, 2.45) is 0 Å². The summed E-state index contributed by atoms with van der Waals surface area (Å²) >= 11 is 3.85. The predicted molar refractivity (Wildman–Crippen MR) is 165 cm³/mol. The number of fused-ring (bicyclic) bond motifs is 1. The van der Waals surface area contributed by atoms with Gasteiger partial charge in [0.05, 0.1) is 59.5 Å². The van der Waals surface area contributed by atoms with Gasteiger partial charge in [0, 0.05) is 73.3 Å². The largest absolute Gasteiger partial charge is 0.493 e. The molecule has 2 aromatic rings. The number of aryl methyl sites for hydroxylation is 1. The molecule has 0 bridgehead atoms. The normalized spacial score (nSPS) is 19.6. The van der Waals surface area contributed by atoms with Crippen molar-refractivity contribution >= 4 is 34.5 Å². The van der Waals surface area contributed by atoms with Gasteiger partial charge >= 0.3 is 5.63 Å². The number of thioether (sulfide) groups is 2. The summed E-state index contributed by atoms with van der Waals surface area (Å²) in [7, 11) is 0. The number of nitrogens with zero attached hydrogens (tertiary/aromatic N) is 1. The number of rotatable bonds is 5. The van der Waals surface area contributed by atoms with Crippen LogP contribution in [0.5, 0.6) is 5.75 Å². The van der Waals surface area contributed by atoms with Crippen LogP contribution in [0.2, 0.25) is 0 Å². The second-order valence-corrected chi connectivity index (χ2v) is 11.8. The third kappa shape index (κ3) is 14.5. The molecule has 226 valence electrons. The first-order valence-corrected chi connectivity index (χ1v) is 16.6. The maximum atomic E-state index is 11.7. The third-order valence-corrected chi connectivity index (χ3v) is 8.12. The smallest absolute Gasteiger partial charge is 0.336 e. The fraction of sp³-hybridized carbons (Fsp3) is 0.690. The van der Waals surface area contributed by atoms with E-state index in [4.69, 9.17) is 28.1 Å². The first kappa shape index (κ1) is 33.2. The van der Waals surface area contributed by atoms with E-state index in [1.54, 1.807) is 6.07 Å². The highest BCUT2D eigenvalue weighted by molar-refractivity contribution is 7.99. The van der Waals surface area contributed by atoms with E-state index in [1.807, 2.05) is 42.6 Å². The molecule has 0 aliphatic carbocycles. The van der Waals surface area contributed by atoms with Gasteiger partial charge in [-0.05, 0) is 31.0 Å². The van der Waals surface area contributed by atoms with Gasteiger partial charge in [-0.15, -0.1) is 0 Å². The molecule has 11 heteroatoms. The molecule has 2 heterocycles. The molecule has 0 radical (unpaired) electrons. The summed E-state index contributed by atoms with van der Waals surface area (Å²) in [6.45, 7) is 12.4. The highest BCUT2D eigenvalue weighted by Crippen LogP contribution is 2.22. The van der Waals surface area contributed by atoms with Gasteiger partial charge in [-0.25, -0.2) is 4.79 Å². The van der Waals surface area contributed by atoms with Crippen LogP contribution in [0.4, 0.5) is 0 Å². The lowest BCUT2D eigenvalue weighted by atomic mass is 10.1. The minimum atomic E-state index is -0.340. The zero-order valence-electron chi connectivity index (χ0n) is 23.9. The minimum Gasteiger partial charge on any atom is -0.493 e. The summed E-state index contributed by atoms with van der Waals surface area (Å²) in [5.41, 5.74) is 1.12. The Bertz CT molecular complexity index is 970. The predicted octanol–water partition coefficient (Wildman–Crippen LogP) is 3.31. The lowest BCUT2D eigenvalue weighted by Gasteiger charge is -2.22. The minimum absolute atomic E-state index is 0.340. The molecule has 1 N–H and O–H groups in total. The van der Waals surface area contributed by atoms with E-state index in [2.05, 4.69) is 10.2 Å². The molecule has 0 amide bonds. The maximum absolute atomic E-state index is 11.7. The Balaban J connectivity index is 1.38. The third-order valence-electron chi connectivity index (χ3n) is 6.25. The van der Waals surface area contributed by atoms with E-state index >= 15 is 0 Å². The second kappa shape index (κ2) is 21.4. The highest BCUT2D eigenvalue weighted by atomic mass is 32.2. The van der Waals surface area contributed by atoms with Crippen molar-refractivity contribution in [1.29, 1.82) is 0 Å². The maximum Gasteiger partial charge on any atom is 0.336 e. The first-order chi connectivity index (χ1) is 19.7. The van der Waals surface area contributed by atoms with Crippen molar-refractivity contribution in [3.8, 4) is 5.75 Å². The topological polar surface area (TPSA) is 91.6 Å². The van der Waals surface area contributed by atoms with Crippen molar-refractivity contribution in [1.82, 2.24) is 10.2 Å². The number of ether oxygens (including phenoxy) is 5. The van der Waals surface area contributed by atoms with E-state index in [9.17, 15) is 4.79 Å². The van der Waals surface area contributed by atoms with Gasteiger partial charge in [0.15, 0.2) is 0 Å². The quantitative estimate of drug-likeness (QED) is 0.406. The van der Waals surface area contributed by atoms with E-state index in [1.165, 1.54) is 6.07 Å². The summed E-state index contributed by atoms with van der Waals surface area (Å²) in [5.74, 6) is 4.89. The monoisotopic (exact) mass is 598 g/mol. The van der Waals surface area contributed by atoms with Crippen molar-refractivity contribution in [2.45, 2.75) is 13.3 Å². The highest BCUT2D eigenvalue weighted by Gasteiger charge is 2.08. The molecule has 0 spiro atoms. The summed E-state index contributed by atoms with van der Waals surface area (Å²) in [5, 5.41) is 4.32. The lowest BCUT2D eigenvalue weighted by molar-refractivity contribution is 0.0112. The van der Waals surface area contributed by atoms with Gasteiger partial charge in [-0.2, -0.15) is 23.5 Å². The lowest BCUT2D eigenvalue weighted by Crippen LogP contribution is -2.32. The Morgan fingerprint density at radius 2 is 1.55 bits per heavy atom. The molecule has 9 nitrogen and oxygen atoms in total. The molecule has 1 fully saturated rings.